The summed E-state index contributed by atoms with van der Waals surface area (Å²) in [6.07, 6.45) is 3.28. The van der Waals surface area contributed by atoms with Crippen molar-refractivity contribution in [3.63, 3.8) is 0 Å². The molecule has 0 heterocycles. The highest BCUT2D eigenvalue weighted by Gasteiger charge is 2.17. The van der Waals surface area contributed by atoms with E-state index in [1.54, 1.807) is 0 Å². The fourth-order valence-corrected chi connectivity index (χ4v) is 2.19. The van der Waals surface area contributed by atoms with Crippen LogP contribution in [0.3, 0.4) is 0 Å². The van der Waals surface area contributed by atoms with Crippen LogP contribution in [0.1, 0.15) is 44.7 Å². The molecular weight excluding hydrogens is 222 g/mol. The van der Waals surface area contributed by atoms with Crippen LogP contribution in [0.25, 0.3) is 0 Å². The standard InChI is InChI=1S/C16H27NO/c1-5-18-15-7-6-13(2)12-14(15)8-9-16(3,4)10-11-17/h6-7,12H,5,8-11,17H2,1-4H3. The minimum atomic E-state index is 0.308. The van der Waals surface area contributed by atoms with Crippen LogP contribution in [-0.4, -0.2) is 13.2 Å². The van der Waals surface area contributed by atoms with Gasteiger partial charge in [0.1, 0.15) is 5.75 Å². The number of benzene rings is 1. The molecule has 0 unspecified atom stereocenters. The molecule has 0 aromatic heterocycles. The molecule has 0 aliphatic carbocycles. The Hall–Kier alpha value is -1.02. The van der Waals surface area contributed by atoms with Crippen molar-refractivity contribution in [2.75, 3.05) is 13.2 Å². The van der Waals surface area contributed by atoms with Crippen molar-refractivity contribution in [2.24, 2.45) is 11.1 Å². The summed E-state index contributed by atoms with van der Waals surface area (Å²) in [5.74, 6) is 1.03. The Balaban J connectivity index is 2.73. The summed E-state index contributed by atoms with van der Waals surface area (Å²) in [4.78, 5) is 0. The minimum absolute atomic E-state index is 0.308. The molecule has 0 amide bonds. The summed E-state index contributed by atoms with van der Waals surface area (Å²) >= 11 is 0. The van der Waals surface area contributed by atoms with Crippen LogP contribution in [0, 0.1) is 12.3 Å². The second-order valence-electron chi connectivity index (χ2n) is 5.75. The van der Waals surface area contributed by atoms with Gasteiger partial charge in [0.05, 0.1) is 6.61 Å². The first-order valence-electron chi connectivity index (χ1n) is 6.91. The molecular formula is C16H27NO. The summed E-state index contributed by atoms with van der Waals surface area (Å²) in [6.45, 7) is 10.2. The minimum Gasteiger partial charge on any atom is -0.494 e. The first kappa shape index (κ1) is 15.0. The number of rotatable bonds is 7. The zero-order valence-electron chi connectivity index (χ0n) is 12.3. The van der Waals surface area contributed by atoms with Crippen molar-refractivity contribution >= 4 is 0 Å². The van der Waals surface area contributed by atoms with E-state index in [0.29, 0.717) is 5.41 Å². The van der Waals surface area contributed by atoms with Crippen LogP contribution < -0.4 is 10.5 Å². The van der Waals surface area contributed by atoms with E-state index in [1.165, 1.54) is 11.1 Å². The second kappa shape index (κ2) is 6.79. The molecule has 0 saturated carbocycles. The van der Waals surface area contributed by atoms with Gasteiger partial charge in [-0.05, 0) is 56.7 Å². The number of hydrogen-bond donors (Lipinski definition) is 1. The maximum atomic E-state index is 5.69. The lowest BCUT2D eigenvalue weighted by molar-refractivity contribution is 0.305. The molecule has 0 bridgehead atoms. The fraction of sp³-hybridized carbons (Fsp3) is 0.625. The van der Waals surface area contributed by atoms with Gasteiger partial charge in [-0.1, -0.05) is 31.5 Å². The molecule has 2 N–H and O–H groups in total. The van der Waals surface area contributed by atoms with E-state index in [-0.39, 0.29) is 0 Å². The average molecular weight is 249 g/mol. The average Bonchev–Trinajstić information content (AvgIpc) is 2.30. The lowest BCUT2D eigenvalue weighted by atomic mass is 9.83. The molecule has 0 saturated heterocycles. The molecule has 0 atom stereocenters. The van der Waals surface area contributed by atoms with E-state index >= 15 is 0 Å². The van der Waals surface area contributed by atoms with Crippen LogP contribution in [0.4, 0.5) is 0 Å². The zero-order chi connectivity index (χ0) is 13.6. The SMILES string of the molecule is CCOc1ccc(C)cc1CCC(C)(C)CCN. The van der Waals surface area contributed by atoms with Gasteiger partial charge >= 0.3 is 0 Å². The molecule has 102 valence electrons. The quantitative estimate of drug-likeness (QED) is 0.799. The number of hydrogen-bond acceptors (Lipinski definition) is 2. The van der Waals surface area contributed by atoms with Gasteiger partial charge in [0.2, 0.25) is 0 Å². The molecule has 2 nitrogen and oxygen atoms in total. The number of nitrogens with two attached hydrogens (primary N) is 1. The van der Waals surface area contributed by atoms with Crippen molar-refractivity contribution in [3.8, 4) is 5.75 Å². The summed E-state index contributed by atoms with van der Waals surface area (Å²) in [7, 11) is 0. The molecule has 1 aromatic rings. The number of ether oxygens (including phenoxy) is 1. The highest BCUT2D eigenvalue weighted by molar-refractivity contribution is 5.37. The van der Waals surface area contributed by atoms with Gasteiger partial charge in [-0.25, -0.2) is 0 Å². The van der Waals surface area contributed by atoms with Gasteiger partial charge in [0.15, 0.2) is 0 Å². The molecule has 2 heteroatoms. The predicted molar refractivity (Wildman–Crippen MR) is 78.1 cm³/mol. The molecule has 0 aliphatic rings. The molecule has 0 radical (unpaired) electrons. The van der Waals surface area contributed by atoms with E-state index in [1.807, 2.05) is 6.92 Å². The molecule has 1 aromatic carbocycles. The molecule has 0 fully saturated rings. The Morgan fingerprint density at radius 2 is 1.94 bits per heavy atom. The highest BCUT2D eigenvalue weighted by atomic mass is 16.5. The molecule has 18 heavy (non-hydrogen) atoms. The van der Waals surface area contributed by atoms with Gasteiger partial charge in [-0.15, -0.1) is 0 Å². The molecule has 0 spiro atoms. The van der Waals surface area contributed by atoms with Gasteiger partial charge in [-0.3, -0.25) is 0 Å². The van der Waals surface area contributed by atoms with Crippen LogP contribution in [0.2, 0.25) is 0 Å². The van der Waals surface area contributed by atoms with Crippen molar-refractivity contribution in [1.29, 1.82) is 0 Å². The van der Waals surface area contributed by atoms with E-state index in [9.17, 15) is 0 Å². The molecule has 0 aliphatic heterocycles. The zero-order valence-corrected chi connectivity index (χ0v) is 12.3. The van der Waals surface area contributed by atoms with E-state index in [0.717, 1.165) is 38.2 Å². The van der Waals surface area contributed by atoms with Gasteiger partial charge in [-0.2, -0.15) is 0 Å². The van der Waals surface area contributed by atoms with Crippen molar-refractivity contribution < 1.29 is 4.74 Å². The monoisotopic (exact) mass is 249 g/mol. The fourth-order valence-electron chi connectivity index (χ4n) is 2.19. The van der Waals surface area contributed by atoms with Crippen molar-refractivity contribution in [1.82, 2.24) is 0 Å². The van der Waals surface area contributed by atoms with Crippen molar-refractivity contribution in [3.05, 3.63) is 29.3 Å². The Morgan fingerprint density at radius 3 is 2.56 bits per heavy atom. The maximum absolute atomic E-state index is 5.69. The third-order valence-corrected chi connectivity index (χ3v) is 3.41. The lowest BCUT2D eigenvalue weighted by Crippen LogP contribution is -2.18. The topological polar surface area (TPSA) is 35.2 Å². The summed E-state index contributed by atoms with van der Waals surface area (Å²) in [5.41, 5.74) is 8.59. The Labute approximate surface area is 112 Å². The van der Waals surface area contributed by atoms with Crippen molar-refractivity contribution in [2.45, 2.75) is 47.0 Å². The van der Waals surface area contributed by atoms with E-state index in [4.69, 9.17) is 10.5 Å². The Kier molecular flexibility index (Phi) is 5.67. The van der Waals surface area contributed by atoms with E-state index in [2.05, 4.69) is 39.0 Å². The highest BCUT2D eigenvalue weighted by Crippen LogP contribution is 2.29. The second-order valence-corrected chi connectivity index (χ2v) is 5.75. The normalized spacial score (nSPS) is 11.6. The third-order valence-electron chi connectivity index (χ3n) is 3.41. The Bertz CT molecular complexity index is 371. The van der Waals surface area contributed by atoms with Crippen LogP contribution in [-0.2, 0) is 6.42 Å². The van der Waals surface area contributed by atoms with Crippen LogP contribution in [0.15, 0.2) is 18.2 Å². The van der Waals surface area contributed by atoms with Crippen LogP contribution in [0.5, 0.6) is 5.75 Å². The lowest BCUT2D eigenvalue weighted by Gasteiger charge is -2.24. The predicted octanol–water partition coefficient (Wildman–Crippen LogP) is 3.70. The van der Waals surface area contributed by atoms with Gasteiger partial charge in [0, 0.05) is 0 Å². The Morgan fingerprint density at radius 1 is 1.22 bits per heavy atom. The summed E-state index contributed by atoms with van der Waals surface area (Å²) in [6, 6.07) is 6.44. The summed E-state index contributed by atoms with van der Waals surface area (Å²) < 4.78 is 5.69. The van der Waals surface area contributed by atoms with E-state index < -0.39 is 0 Å². The smallest absolute Gasteiger partial charge is 0.122 e. The van der Waals surface area contributed by atoms with Gasteiger partial charge < -0.3 is 10.5 Å². The first-order valence-corrected chi connectivity index (χ1v) is 6.91. The van der Waals surface area contributed by atoms with Gasteiger partial charge in [0.25, 0.3) is 0 Å². The summed E-state index contributed by atoms with van der Waals surface area (Å²) in [5, 5.41) is 0. The first-order chi connectivity index (χ1) is 8.48. The number of aryl methyl sites for hydroxylation is 2. The third kappa shape index (κ3) is 4.69. The maximum Gasteiger partial charge on any atom is 0.122 e. The largest absolute Gasteiger partial charge is 0.494 e. The van der Waals surface area contributed by atoms with Crippen LogP contribution >= 0.6 is 0 Å². The molecule has 1 rings (SSSR count).